The lowest BCUT2D eigenvalue weighted by Gasteiger charge is -2.33. The minimum atomic E-state index is 0.424. The Hall–Kier alpha value is 0.290. The molecule has 2 unspecified atom stereocenters. The predicted octanol–water partition coefficient (Wildman–Crippen LogP) is 5.25. The van der Waals surface area contributed by atoms with E-state index in [2.05, 4.69) is 27.7 Å². The fraction of sp³-hybridized carbons (Fsp3) is 1.00. The van der Waals surface area contributed by atoms with Crippen LogP contribution in [0.15, 0.2) is 0 Å². The molecule has 0 fully saturated rings. The molecule has 0 aromatic carbocycles. The molecule has 0 rings (SSSR count). The van der Waals surface area contributed by atoms with Crippen LogP contribution in [0.3, 0.4) is 0 Å². The van der Waals surface area contributed by atoms with Gasteiger partial charge >= 0.3 is 0 Å². The maximum absolute atomic E-state index is 6.16. The monoisotopic (exact) mass is 218 g/mol. The number of rotatable bonds is 8. The van der Waals surface area contributed by atoms with E-state index in [1.165, 1.54) is 38.5 Å². The standard InChI is InChI=1S/C13H27Cl/c1-5-8-9-13(7-3,11-14)10-12(4)6-2/h12H,5-11H2,1-4H3. The molecule has 86 valence electrons. The molecular weight excluding hydrogens is 192 g/mol. The third kappa shape index (κ3) is 4.68. The number of alkyl halides is 1. The third-order valence-corrected chi connectivity index (χ3v) is 4.14. The highest BCUT2D eigenvalue weighted by molar-refractivity contribution is 6.18. The van der Waals surface area contributed by atoms with Crippen molar-refractivity contribution in [3.05, 3.63) is 0 Å². The number of hydrogen-bond acceptors (Lipinski definition) is 0. The van der Waals surface area contributed by atoms with Gasteiger partial charge in [-0.05, 0) is 30.6 Å². The average Bonchev–Trinajstić information content (AvgIpc) is 2.24. The van der Waals surface area contributed by atoms with Gasteiger partial charge in [-0.2, -0.15) is 0 Å². The van der Waals surface area contributed by atoms with E-state index >= 15 is 0 Å². The molecule has 0 aliphatic rings. The quantitative estimate of drug-likeness (QED) is 0.489. The minimum absolute atomic E-state index is 0.424. The van der Waals surface area contributed by atoms with E-state index in [4.69, 9.17) is 11.6 Å². The SMILES string of the molecule is CCCCC(CC)(CCl)CC(C)CC. The molecular formula is C13H27Cl. The Labute approximate surface area is 95.4 Å². The Bertz CT molecular complexity index is 127. The Kier molecular flexibility index (Phi) is 7.72. The van der Waals surface area contributed by atoms with Gasteiger partial charge in [-0.25, -0.2) is 0 Å². The predicted molar refractivity (Wildman–Crippen MR) is 67.0 cm³/mol. The maximum atomic E-state index is 6.16. The van der Waals surface area contributed by atoms with E-state index in [1.807, 2.05) is 0 Å². The second-order valence-corrected chi connectivity index (χ2v) is 5.08. The maximum Gasteiger partial charge on any atom is 0.0279 e. The first-order valence-corrected chi connectivity index (χ1v) is 6.73. The molecule has 0 aromatic heterocycles. The zero-order valence-corrected chi connectivity index (χ0v) is 11.2. The zero-order valence-electron chi connectivity index (χ0n) is 10.4. The van der Waals surface area contributed by atoms with Gasteiger partial charge < -0.3 is 0 Å². The van der Waals surface area contributed by atoms with Crippen molar-refractivity contribution in [1.29, 1.82) is 0 Å². The summed E-state index contributed by atoms with van der Waals surface area (Å²) in [6, 6.07) is 0. The molecule has 0 aromatic rings. The lowest BCUT2D eigenvalue weighted by molar-refractivity contribution is 0.215. The first-order valence-electron chi connectivity index (χ1n) is 6.20. The van der Waals surface area contributed by atoms with Gasteiger partial charge in [-0.1, -0.05) is 47.0 Å². The highest BCUT2D eigenvalue weighted by Crippen LogP contribution is 2.37. The summed E-state index contributed by atoms with van der Waals surface area (Å²) in [5, 5.41) is 0. The summed E-state index contributed by atoms with van der Waals surface area (Å²) in [4.78, 5) is 0. The number of hydrogen-bond donors (Lipinski definition) is 0. The van der Waals surface area contributed by atoms with E-state index in [0.717, 1.165) is 11.8 Å². The van der Waals surface area contributed by atoms with E-state index in [9.17, 15) is 0 Å². The van der Waals surface area contributed by atoms with E-state index < -0.39 is 0 Å². The first kappa shape index (κ1) is 14.3. The van der Waals surface area contributed by atoms with Crippen molar-refractivity contribution in [2.24, 2.45) is 11.3 Å². The Morgan fingerprint density at radius 3 is 2.21 bits per heavy atom. The molecule has 0 amide bonds. The summed E-state index contributed by atoms with van der Waals surface area (Å²) in [5.74, 6) is 1.67. The molecule has 0 aliphatic carbocycles. The van der Waals surface area contributed by atoms with Gasteiger partial charge in [0.05, 0.1) is 0 Å². The zero-order chi connectivity index (χ0) is 11.0. The minimum Gasteiger partial charge on any atom is -0.126 e. The van der Waals surface area contributed by atoms with E-state index in [-0.39, 0.29) is 0 Å². The van der Waals surface area contributed by atoms with Crippen LogP contribution in [0.1, 0.15) is 66.2 Å². The molecule has 1 heteroatoms. The van der Waals surface area contributed by atoms with Crippen LogP contribution in [-0.2, 0) is 0 Å². The van der Waals surface area contributed by atoms with Crippen LogP contribution >= 0.6 is 11.6 Å². The highest BCUT2D eigenvalue weighted by atomic mass is 35.5. The van der Waals surface area contributed by atoms with Crippen molar-refractivity contribution >= 4 is 11.6 Å². The largest absolute Gasteiger partial charge is 0.126 e. The van der Waals surface area contributed by atoms with E-state index in [0.29, 0.717) is 5.41 Å². The van der Waals surface area contributed by atoms with Crippen LogP contribution in [0.5, 0.6) is 0 Å². The van der Waals surface area contributed by atoms with Crippen molar-refractivity contribution in [1.82, 2.24) is 0 Å². The molecule has 0 aliphatic heterocycles. The Morgan fingerprint density at radius 1 is 1.21 bits per heavy atom. The van der Waals surface area contributed by atoms with Crippen LogP contribution < -0.4 is 0 Å². The molecule has 0 N–H and O–H groups in total. The number of unbranched alkanes of at least 4 members (excludes halogenated alkanes) is 1. The second kappa shape index (κ2) is 7.56. The van der Waals surface area contributed by atoms with Gasteiger partial charge in [0.25, 0.3) is 0 Å². The lowest BCUT2D eigenvalue weighted by atomic mass is 9.75. The smallest absolute Gasteiger partial charge is 0.0279 e. The fourth-order valence-corrected chi connectivity index (χ4v) is 2.51. The summed E-state index contributed by atoms with van der Waals surface area (Å²) < 4.78 is 0. The van der Waals surface area contributed by atoms with Gasteiger partial charge in [-0.3, -0.25) is 0 Å². The highest BCUT2D eigenvalue weighted by Gasteiger charge is 2.27. The average molecular weight is 219 g/mol. The van der Waals surface area contributed by atoms with Gasteiger partial charge in [0.15, 0.2) is 0 Å². The van der Waals surface area contributed by atoms with Crippen LogP contribution in [0.25, 0.3) is 0 Å². The van der Waals surface area contributed by atoms with Gasteiger partial charge in [0.1, 0.15) is 0 Å². The van der Waals surface area contributed by atoms with Crippen LogP contribution in [0.2, 0.25) is 0 Å². The molecule has 14 heavy (non-hydrogen) atoms. The molecule has 2 atom stereocenters. The Balaban J connectivity index is 4.20. The summed E-state index contributed by atoms with van der Waals surface area (Å²) >= 11 is 6.16. The molecule has 0 radical (unpaired) electrons. The fourth-order valence-electron chi connectivity index (χ4n) is 2.07. The van der Waals surface area contributed by atoms with Crippen molar-refractivity contribution < 1.29 is 0 Å². The summed E-state index contributed by atoms with van der Waals surface area (Å²) in [6.07, 6.45) is 7.76. The third-order valence-electron chi connectivity index (χ3n) is 3.57. The number of halogens is 1. The van der Waals surface area contributed by atoms with Gasteiger partial charge in [-0.15, -0.1) is 11.6 Å². The van der Waals surface area contributed by atoms with Crippen molar-refractivity contribution in [3.63, 3.8) is 0 Å². The second-order valence-electron chi connectivity index (χ2n) is 4.81. The molecule has 0 heterocycles. The first-order chi connectivity index (χ1) is 6.64. The molecule has 0 nitrogen and oxygen atoms in total. The summed E-state index contributed by atoms with van der Waals surface area (Å²) in [6.45, 7) is 9.18. The van der Waals surface area contributed by atoms with Crippen molar-refractivity contribution in [3.8, 4) is 0 Å². The van der Waals surface area contributed by atoms with Gasteiger partial charge in [0, 0.05) is 5.88 Å². The molecule has 0 saturated heterocycles. The molecule has 0 saturated carbocycles. The van der Waals surface area contributed by atoms with Crippen molar-refractivity contribution in [2.45, 2.75) is 66.2 Å². The van der Waals surface area contributed by atoms with E-state index in [1.54, 1.807) is 0 Å². The normalized spacial score (nSPS) is 17.8. The topological polar surface area (TPSA) is 0 Å². The van der Waals surface area contributed by atoms with Crippen LogP contribution in [0.4, 0.5) is 0 Å². The van der Waals surface area contributed by atoms with Crippen molar-refractivity contribution in [2.75, 3.05) is 5.88 Å². The Morgan fingerprint density at radius 2 is 1.86 bits per heavy atom. The summed E-state index contributed by atoms with van der Waals surface area (Å²) in [5.41, 5.74) is 0.424. The van der Waals surface area contributed by atoms with Crippen LogP contribution in [-0.4, -0.2) is 5.88 Å². The molecule has 0 spiro atoms. The van der Waals surface area contributed by atoms with Gasteiger partial charge in [0.2, 0.25) is 0 Å². The van der Waals surface area contributed by atoms with Crippen LogP contribution in [0, 0.1) is 11.3 Å². The molecule has 0 bridgehead atoms. The lowest BCUT2D eigenvalue weighted by Crippen LogP contribution is -2.24. The summed E-state index contributed by atoms with van der Waals surface area (Å²) in [7, 11) is 0.